The predicted octanol–water partition coefficient (Wildman–Crippen LogP) is 3.94. The molecule has 6 nitrogen and oxygen atoms in total. The van der Waals surface area contributed by atoms with Crippen molar-refractivity contribution in [3.05, 3.63) is 96.1 Å². The predicted molar refractivity (Wildman–Crippen MR) is 134 cm³/mol. The Balaban J connectivity index is 1.28. The van der Waals surface area contributed by atoms with Gasteiger partial charge in [-0.1, -0.05) is 60.7 Å². The zero-order chi connectivity index (χ0) is 23.8. The van der Waals surface area contributed by atoms with Crippen LogP contribution < -0.4 is 10.1 Å². The zero-order valence-electron chi connectivity index (χ0n) is 19.5. The number of carbonyl (C=O) groups excluding carboxylic acids is 2. The Bertz CT molecular complexity index is 1080. The average Bonchev–Trinajstić information content (AvgIpc) is 2.90. The quantitative estimate of drug-likeness (QED) is 0.493. The van der Waals surface area contributed by atoms with Crippen molar-refractivity contribution in [1.29, 1.82) is 0 Å². The van der Waals surface area contributed by atoms with E-state index in [9.17, 15) is 9.59 Å². The number of hydrogen-bond acceptors (Lipinski definition) is 5. The van der Waals surface area contributed by atoms with Crippen molar-refractivity contribution in [2.45, 2.75) is 13.0 Å². The molecule has 34 heavy (non-hydrogen) atoms. The lowest BCUT2D eigenvalue weighted by Gasteiger charge is -2.37. The summed E-state index contributed by atoms with van der Waals surface area (Å²) in [5.74, 6) is 0.683. The minimum Gasteiger partial charge on any atom is -0.492 e. The van der Waals surface area contributed by atoms with Crippen molar-refractivity contribution in [3.63, 3.8) is 0 Å². The number of amides is 1. The van der Waals surface area contributed by atoms with E-state index in [1.165, 1.54) is 0 Å². The topological polar surface area (TPSA) is 61.9 Å². The van der Waals surface area contributed by atoms with Crippen LogP contribution in [-0.4, -0.2) is 66.9 Å². The van der Waals surface area contributed by atoms with Crippen LogP contribution in [0.3, 0.4) is 0 Å². The van der Waals surface area contributed by atoms with E-state index in [-0.39, 0.29) is 17.7 Å². The van der Waals surface area contributed by atoms with E-state index in [1.54, 1.807) is 24.3 Å². The van der Waals surface area contributed by atoms with E-state index >= 15 is 0 Å². The second kappa shape index (κ2) is 11.6. The molecule has 6 heteroatoms. The summed E-state index contributed by atoms with van der Waals surface area (Å²) in [7, 11) is 0. The van der Waals surface area contributed by atoms with Crippen molar-refractivity contribution < 1.29 is 14.3 Å². The SMILES string of the molecule is CC(C(=O)Nc1ccccc1C(=O)c1ccccc1)N1CCN(CCOc2ccccc2)CC1. The lowest BCUT2D eigenvalue weighted by atomic mass is 10.0. The number of anilines is 1. The molecule has 176 valence electrons. The highest BCUT2D eigenvalue weighted by atomic mass is 16.5. The highest BCUT2D eigenvalue weighted by Gasteiger charge is 2.26. The van der Waals surface area contributed by atoms with Crippen LogP contribution in [0.25, 0.3) is 0 Å². The number of rotatable bonds is 9. The summed E-state index contributed by atoms with van der Waals surface area (Å²) in [4.78, 5) is 30.5. The largest absolute Gasteiger partial charge is 0.492 e. The molecule has 0 aliphatic carbocycles. The molecule has 1 fully saturated rings. The lowest BCUT2D eigenvalue weighted by Crippen LogP contribution is -2.53. The standard InChI is InChI=1S/C28H31N3O3/c1-22(31-18-16-30(17-19-31)20-21-34-24-12-6-3-7-13-24)28(33)29-26-15-9-8-14-25(26)27(32)23-10-4-2-5-11-23/h2-15,22H,16-21H2,1H3,(H,29,33). The average molecular weight is 458 g/mol. The van der Waals surface area contributed by atoms with E-state index in [0.717, 1.165) is 38.5 Å². The molecule has 0 spiro atoms. The van der Waals surface area contributed by atoms with Crippen LogP contribution in [-0.2, 0) is 4.79 Å². The summed E-state index contributed by atoms with van der Waals surface area (Å²) in [5.41, 5.74) is 1.65. The van der Waals surface area contributed by atoms with Gasteiger partial charge in [0.1, 0.15) is 12.4 Å². The van der Waals surface area contributed by atoms with Crippen LogP contribution in [0.4, 0.5) is 5.69 Å². The maximum Gasteiger partial charge on any atom is 0.241 e. The van der Waals surface area contributed by atoms with Gasteiger partial charge in [0, 0.05) is 43.9 Å². The normalized spacial score (nSPS) is 15.4. The lowest BCUT2D eigenvalue weighted by molar-refractivity contribution is -0.121. The fourth-order valence-corrected chi connectivity index (χ4v) is 4.12. The van der Waals surface area contributed by atoms with Crippen molar-refractivity contribution >= 4 is 17.4 Å². The van der Waals surface area contributed by atoms with Gasteiger partial charge in [-0.3, -0.25) is 19.4 Å². The Morgan fingerprint density at radius 3 is 2.18 bits per heavy atom. The summed E-state index contributed by atoms with van der Waals surface area (Å²) in [6, 6.07) is 25.9. The van der Waals surface area contributed by atoms with Gasteiger partial charge in [0.2, 0.25) is 5.91 Å². The minimum atomic E-state index is -0.289. The number of ether oxygens (including phenoxy) is 1. The molecule has 1 heterocycles. The molecular formula is C28H31N3O3. The first-order valence-corrected chi connectivity index (χ1v) is 11.8. The molecule has 0 bridgehead atoms. The Hall–Kier alpha value is -3.48. The smallest absolute Gasteiger partial charge is 0.241 e. The van der Waals surface area contributed by atoms with Crippen LogP contribution in [0.2, 0.25) is 0 Å². The number of para-hydroxylation sites is 2. The van der Waals surface area contributed by atoms with Gasteiger partial charge in [-0.25, -0.2) is 0 Å². The van der Waals surface area contributed by atoms with Crippen LogP contribution in [0.5, 0.6) is 5.75 Å². The first-order chi connectivity index (χ1) is 16.6. The van der Waals surface area contributed by atoms with Gasteiger partial charge in [0.25, 0.3) is 0 Å². The highest BCUT2D eigenvalue weighted by Crippen LogP contribution is 2.20. The van der Waals surface area contributed by atoms with Gasteiger partial charge in [-0.2, -0.15) is 0 Å². The first kappa shape index (κ1) is 23.7. The Labute approximate surface area is 201 Å². The molecule has 1 unspecified atom stereocenters. The van der Waals surface area contributed by atoms with Gasteiger partial charge in [-0.15, -0.1) is 0 Å². The van der Waals surface area contributed by atoms with E-state index in [2.05, 4.69) is 15.1 Å². The van der Waals surface area contributed by atoms with Gasteiger partial charge in [-0.05, 0) is 31.2 Å². The van der Waals surface area contributed by atoms with Crippen LogP contribution in [0.1, 0.15) is 22.8 Å². The molecule has 1 aliphatic heterocycles. The molecular weight excluding hydrogens is 426 g/mol. The Morgan fingerprint density at radius 2 is 1.47 bits per heavy atom. The first-order valence-electron chi connectivity index (χ1n) is 11.8. The summed E-state index contributed by atoms with van der Waals surface area (Å²) in [6.07, 6.45) is 0. The van der Waals surface area contributed by atoms with Gasteiger partial charge in [0.15, 0.2) is 5.78 Å². The number of benzene rings is 3. The summed E-state index contributed by atoms with van der Waals surface area (Å²) in [5, 5.41) is 2.99. The number of ketones is 1. The molecule has 3 aromatic rings. The third-order valence-electron chi connectivity index (χ3n) is 6.22. The van der Waals surface area contributed by atoms with Crippen molar-refractivity contribution in [2.75, 3.05) is 44.6 Å². The maximum atomic E-state index is 13.0. The van der Waals surface area contributed by atoms with E-state index in [1.807, 2.05) is 67.6 Å². The highest BCUT2D eigenvalue weighted by molar-refractivity contribution is 6.14. The molecule has 1 saturated heterocycles. The Kier molecular flexibility index (Phi) is 8.07. The van der Waals surface area contributed by atoms with E-state index in [4.69, 9.17) is 4.74 Å². The molecule has 4 rings (SSSR count). The molecule has 1 amide bonds. The molecule has 1 N–H and O–H groups in total. The number of nitrogens with zero attached hydrogens (tertiary/aromatic N) is 2. The monoisotopic (exact) mass is 457 g/mol. The van der Waals surface area contributed by atoms with Crippen LogP contribution in [0.15, 0.2) is 84.9 Å². The van der Waals surface area contributed by atoms with Crippen LogP contribution >= 0.6 is 0 Å². The van der Waals surface area contributed by atoms with E-state index < -0.39 is 0 Å². The van der Waals surface area contributed by atoms with Crippen LogP contribution in [0, 0.1) is 0 Å². The van der Waals surface area contributed by atoms with Crippen molar-refractivity contribution in [1.82, 2.24) is 9.80 Å². The summed E-state index contributed by atoms with van der Waals surface area (Å²) >= 11 is 0. The number of nitrogens with one attached hydrogen (secondary N) is 1. The second-order valence-electron chi connectivity index (χ2n) is 8.45. The third kappa shape index (κ3) is 6.10. The number of piperazine rings is 1. The molecule has 0 radical (unpaired) electrons. The zero-order valence-corrected chi connectivity index (χ0v) is 19.5. The summed E-state index contributed by atoms with van der Waals surface area (Å²) in [6.45, 7) is 6.82. The molecule has 0 saturated carbocycles. The third-order valence-corrected chi connectivity index (χ3v) is 6.22. The molecule has 0 aromatic heterocycles. The Morgan fingerprint density at radius 1 is 0.853 bits per heavy atom. The summed E-state index contributed by atoms with van der Waals surface area (Å²) < 4.78 is 5.80. The van der Waals surface area contributed by atoms with Gasteiger partial charge >= 0.3 is 0 Å². The van der Waals surface area contributed by atoms with Crippen molar-refractivity contribution in [2.24, 2.45) is 0 Å². The minimum absolute atomic E-state index is 0.101. The van der Waals surface area contributed by atoms with Gasteiger partial charge in [0.05, 0.1) is 11.7 Å². The second-order valence-corrected chi connectivity index (χ2v) is 8.45. The maximum absolute atomic E-state index is 13.0. The number of carbonyl (C=O) groups is 2. The fraction of sp³-hybridized carbons (Fsp3) is 0.286. The van der Waals surface area contributed by atoms with Gasteiger partial charge < -0.3 is 10.1 Å². The van der Waals surface area contributed by atoms with E-state index in [0.29, 0.717) is 23.4 Å². The molecule has 1 atom stereocenters. The fourth-order valence-electron chi connectivity index (χ4n) is 4.12. The molecule has 1 aliphatic rings. The van der Waals surface area contributed by atoms with Crippen molar-refractivity contribution in [3.8, 4) is 5.75 Å². The molecule has 3 aromatic carbocycles. The number of hydrogen-bond donors (Lipinski definition) is 1.